The smallest absolute Gasteiger partial charge is 0.308 e. The number of benzene rings is 1. The van der Waals surface area contributed by atoms with Crippen LogP contribution in [0.4, 0.5) is 4.39 Å². The van der Waals surface area contributed by atoms with Crippen LogP contribution in [-0.2, 0) is 11.3 Å². The molecule has 3 nitrogen and oxygen atoms in total. The molecule has 0 spiro atoms. The fourth-order valence-electron chi connectivity index (χ4n) is 3.83. The van der Waals surface area contributed by atoms with Gasteiger partial charge in [0.15, 0.2) is 0 Å². The monoisotopic (exact) mass is 297 g/mol. The van der Waals surface area contributed by atoms with Crippen LogP contribution >= 0.6 is 11.6 Å². The minimum atomic E-state index is -0.702. The van der Waals surface area contributed by atoms with Crippen LogP contribution in [0.25, 0.3) is 0 Å². The van der Waals surface area contributed by atoms with Crippen LogP contribution in [0.1, 0.15) is 24.8 Å². The van der Waals surface area contributed by atoms with Crippen molar-refractivity contribution in [2.24, 2.45) is 17.8 Å². The van der Waals surface area contributed by atoms with Crippen molar-refractivity contribution in [2.75, 3.05) is 0 Å². The molecule has 0 heterocycles. The van der Waals surface area contributed by atoms with Crippen LogP contribution in [0.3, 0.4) is 0 Å². The Labute approximate surface area is 122 Å². The first-order valence-electron chi connectivity index (χ1n) is 6.96. The Bertz CT molecular complexity index is 537. The predicted octanol–water partition coefficient (Wildman–Crippen LogP) is 3.07. The molecule has 0 aromatic heterocycles. The molecule has 2 fully saturated rings. The summed E-state index contributed by atoms with van der Waals surface area (Å²) in [5.74, 6) is -0.654. The van der Waals surface area contributed by atoms with Gasteiger partial charge in [0, 0.05) is 12.6 Å². The summed E-state index contributed by atoms with van der Waals surface area (Å²) in [6, 6.07) is 4.63. The van der Waals surface area contributed by atoms with Gasteiger partial charge in [0.1, 0.15) is 5.82 Å². The Morgan fingerprint density at radius 3 is 2.85 bits per heavy atom. The molecule has 0 aliphatic heterocycles. The number of aliphatic carboxylic acids is 1. The van der Waals surface area contributed by atoms with Gasteiger partial charge in [-0.05, 0) is 48.8 Å². The third kappa shape index (κ3) is 2.42. The van der Waals surface area contributed by atoms with E-state index in [0.717, 1.165) is 24.8 Å². The molecule has 2 bridgehead atoms. The summed E-state index contributed by atoms with van der Waals surface area (Å²) >= 11 is 5.75. The Hall–Kier alpha value is -1.13. The van der Waals surface area contributed by atoms with E-state index in [1.54, 1.807) is 12.1 Å². The van der Waals surface area contributed by atoms with E-state index in [4.69, 9.17) is 11.6 Å². The number of carboxylic acids is 1. The van der Waals surface area contributed by atoms with E-state index in [1.165, 1.54) is 6.07 Å². The topological polar surface area (TPSA) is 49.3 Å². The van der Waals surface area contributed by atoms with Crippen LogP contribution in [0.2, 0.25) is 5.02 Å². The lowest BCUT2D eigenvalue weighted by molar-refractivity contribution is -0.144. The third-order valence-electron chi connectivity index (χ3n) is 4.73. The molecule has 108 valence electrons. The maximum Gasteiger partial charge on any atom is 0.308 e. The van der Waals surface area contributed by atoms with Gasteiger partial charge in [-0.15, -0.1) is 0 Å². The van der Waals surface area contributed by atoms with Gasteiger partial charge < -0.3 is 10.4 Å². The summed E-state index contributed by atoms with van der Waals surface area (Å²) in [4.78, 5) is 11.4. The van der Waals surface area contributed by atoms with Gasteiger partial charge >= 0.3 is 5.97 Å². The molecule has 2 saturated carbocycles. The van der Waals surface area contributed by atoms with Crippen molar-refractivity contribution in [3.63, 3.8) is 0 Å². The predicted molar refractivity (Wildman–Crippen MR) is 74.0 cm³/mol. The van der Waals surface area contributed by atoms with E-state index >= 15 is 0 Å². The van der Waals surface area contributed by atoms with E-state index < -0.39 is 11.8 Å². The average molecular weight is 298 g/mol. The number of carbonyl (C=O) groups is 1. The quantitative estimate of drug-likeness (QED) is 0.898. The van der Waals surface area contributed by atoms with Crippen molar-refractivity contribution in [1.29, 1.82) is 0 Å². The molecule has 3 rings (SSSR count). The van der Waals surface area contributed by atoms with Crippen molar-refractivity contribution < 1.29 is 14.3 Å². The minimum absolute atomic E-state index is 0.0232. The molecule has 4 unspecified atom stereocenters. The van der Waals surface area contributed by atoms with Crippen LogP contribution in [-0.4, -0.2) is 17.1 Å². The van der Waals surface area contributed by atoms with Crippen molar-refractivity contribution in [3.8, 4) is 0 Å². The van der Waals surface area contributed by atoms with Gasteiger partial charge in [-0.3, -0.25) is 4.79 Å². The van der Waals surface area contributed by atoms with E-state index in [2.05, 4.69) is 5.32 Å². The van der Waals surface area contributed by atoms with Crippen LogP contribution in [0, 0.1) is 23.6 Å². The van der Waals surface area contributed by atoms with Gasteiger partial charge in [0.25, 0.3) is 0 Å². The molecular weight excluding hydrogens is 281 g/mol. The SMILES string of the molecule is O=C(O)C1C2CCC(C2)C1NCc1ccc(F)c(Cl)c1. The molecule has 20 heavy (non-hydrogen) atoms. The summed E-state index contributed by atoms with van der Waals surface area (Å²) < 4.78 is 13.1. The fourth-order valence-corrected chi connectivity index (χ4v) is 4.03. The first kappa shape index (κ1) is 13.8. The summed E-state index contributed by atoms with van der Waals surface area (Å²) in [6.07, 6.45) is 3.15. The van der Waals surface area contributed by atoms with Crippen LogP contribution < -0.4 is 5.32 Å². The summed E-state index contributed by atoms with van der Waals surface area (Å²) in [5.41, 5.74) is 0.878. The van der Waals surface area contributed by atoms with Crippen LogP contribution in [0.15, 0.2) is 18.2 Å². The van der Waals surface area contributed by atoms with Crippen molar-refractivity contribution >= 4 is 17.6 Å². The lowest BCUT2D eigenvalue weighted by atomic mass is 9.84. The normalized spacial score (nSPS) is 31.7. The molecular formula is C15H17ClFNO2. The number of carboxylic acid groups (broad SMARTS) is 1. The first-order chi connectivity index (χ1) is 9.56. The number of rotatable bonds is 4. The van der Waals surface area contributed by atoms with E-state index in [0.29, 0.717) is 18.4 Å². The number of halogens is 2. The maximum atomic E-state index is 13.1. The molecule has 1 aromatic rings. The molecule has 2 aliphatic rings. The van der Waals surface area contributed by atoms with Crippen LogP contribution in [0.5, 0.6) is 0 Å². The van der Waals surface area contributed by atoms with Gasteiger partial charge in [-0.25, -0.2) is 4.39 Å². The highest BCUT2D eigenvalue weighted by Gasteiger charge is 2.50. The Morgan fingerprint density at radius 2 is 2.15 bits per heavy atom. The summed E-state index contributed by atoms with van der Waals surface area (Å²) in [7, 11) is 0. The second kappa shape index (κ2) is 5.34. The van der Waals surface area contributed by atoms with Gasteiger partial charge in [-0.1, -0.05) is 17.7 Å². The Morgan fingerprint density at radius 1 is 1.40 bits per heavy atom. The van der Waals surface area contributed by atoms with Crippen molar-refractivity contribution in [3.05, 3.63) is 34.6 Å². The average Bonchev–Trinajstić information content (AvgIpc) is 3.00. The highest BCUT2D eigenvalue weighted by molar-refractivity contribution is 6.30. The number of hydrogen-bond acceptors (Lipinski definition) is 2. The molecule has 0 radical (unpaired) electrons. The molecule has 0 saturated heterocycles. The van der Waals surface area contributed by atoms with E-state index in [9.17, 15) is 14.3 Å². The standard InChI is InChI=1S/C15H17ClFNO2/c16-11-5-8(1-4-12(11)17)7-18-14-10-3-2-9(6-10)13(14)15(19)20/h1,4-5,9-10,13-14,18H,2-3,6-7H2,(H,19,20). The Kier molecular flexibility index (Phi) is 3.69. The first-order valence-corrected chi connectivity index (χ1v) is 7.34. The van der Waals surface area contributed by atoms with Gasteiger partial charge in [0.2, 0.25) is 0 Å². The largest absolute Gasteiger partial charge is 0.481 e. The highest BCUT2D eigenvalue weighted by Crippen LogP contribution is 2.48. The zero-order chi connectivity index (χ0) is 14.3. The lowest BCUT2D eigenvalue weighted by Gasteiger charge is -2.29. The second-order valence-electron chi connectivity index (χ2n) is 5.85. The molecule has 2 N–H and O–H groups in total. The number of nitrogens with one attached hydrogen (secondary N) is 1. The fraction of sp³-hybridized carbons (Fsp3) is 0.533. The van der Waals surface area contributed by atoms with E-state index in [-0.39, 0.29) is 17.0 Å². The zero-order valence-corrected chi connectivity index (χ0v) is 11.7. The molecule has 1 aromatic carbocycles. The van der Waals surface area contributed by atoms with Crippen molar-refractivity contribution in [1.82, 2.24) is 5.32 Å². The summed E-state index contributed by atoms with van der Waals surface area (Å²) in [5, 5.41) is 12.8. The van der Waals surface area contributed by atoms with Gasteiger partial charge in [0.05, 0.1) is 10.9 Å². The number of fused-ring (bicyclic) bond motifs is 2. The molecule has 4 atom stereocenters. The second-order valence-corrected chi connectivity index (χ2v) is 6.26. The molecule has 0 amide bonds. The van der Waals surface area contributed by atoms with Crippen molar-refractivity contribution in [2.45, 2.75) is 31.8 Å². The lowest BCUT2D eigenvalue weighted by Crippen LogP contribution is -2.43. The van der Waals surface area contributed by atoms with E-state index in [1.807, 2.05) is 0 Å². The summed E-state index contributed by atoms with van der Waals surface area (Å²) in [6.45, 7) is 0.525. The highest BCUT2D eigenvalue weighted by atomic mass is 35.5. The zero-order valence-electron chi connectivity index (χ0n) is 11.0. The molecule has 2 aliphatic carbocycles. The third-order valence-corrected chi connectivity index (χ3v) is 5.02. The van der Waals surface area contributed by atoms with Gasteiger partial charge in [-0.2, -0.15) is 0 Å². The molecule has 5 heteroatoms. The number of hydrogen-bond donors (Lipinski definition) is 2. The maximum absolute atomic E-state index is 13.1. The minimum Gasteiger partial charge on any atom is -0.481 e. The Balaban J connectivity index is 1.68.